The average Bonchev–Trinajstić information content (AvgIpc) is 2.62. The van der Waals surface area contributed by atoms with Gasteiger partial charge in [-0.2, -0.15) is 0 Å². The Hall–Kier alpha value is -0.650. The molecule has 3 rings (SSSR count). The molecule has 0 unspecified atom stereocenters. The molecule has 3 aromatic carbocycles. The van der Waals surface area contributed by atoms with Crippen LogP contribution in [-0.4, -0.2) is 7.11 Å². The van der Waals surface area contributed by atoms with Gasteiger partial charge in [0.25, 0.3) is 0 Å². The molecule has 0 aliphatic heterocycles. The van der Waals surface area contributed by atoms with Crippen LogP contribution in [0.2, 0.25) is 0 Å². The van der Waals surface area contributed by atoms with Gasteiger partial charge in [0.05, 0.1) is 7.11 Å². The molecule has 0 saturated carbocycles. The molecule has 0 fully saturated rings. The Morgan fingerprint density at radius 1 is 0.696 bits per heavy atom. The lowest BCUT2D eigenvalue weighted by atomic mass is 10.3. The first kappa shape index (κ1) is 18.7. The summed E-state index contributed by atoms with van der Waals surface area (Å²) in [4.78, 5) is -1.74. The molecule has 0 heterocycles. The highest BCUT2D eigenvalue weighted by Crippen LogP contribution is 2.64. The highest BCUT2D eigenvalue weighted by atomic mass is 127. The largest absolute Gasteiger partial charge is 1.00 e. The van der Waals surface area contributed by atoms with Crippen molar-refractivity contribution in [2.75, 3.05) is 7.11 Å². The number of para-hydroxylation sites is 1. The fourth-order valence-corrected chi connectivity index (χ4v) is 8.49. The maximum absolute atomic E-state index is 5.66. The van der Waals surface area contributed by atoms with Gasteiger partial charge in [0.15, 0.2) is 38.0 Å². The van der Waals surface area contributed by atoms with Crippen molar-refractivity contribution in [2.24, 2.45) is 0 Å². The van der Waals surface area contributed by atoms with Gasteiger partial charge in [0.1, 0.15) is 10.6 Å². The SMILES string of the molecule is COc1ccccc1[P+](I)(c1ccccc1)c1ccccc1.[I-]. The lowest BCUT2D eigenvalue weighted by Gasteiger charge is -2.21. The molecule has 0 saturated heterocycles. The van der Waals surface area contributed by atoms with Crippen LogP contribution in [0.3, 0.4) is 0 Å². The molecule has 0 aliphatic rings. The Bertz CT molecular complexity index is 708. The van der Waals surface area contributed by atoms with Crippen LogP contribution < -0.4 is 44.6 Å². The predicted octanol–water partition coefficient (Wildman–Crippen LogP) is 1.34. The standard InChI is InChI=1S/C19H17IOP.HI/c1-21-18-14-8-9-15-19(18)22(20,16-10-4-2-5-11-16)17-12-6-3-7-13-17;/h2-15H,1H3;1H/q+1;/p-1. The second kappa shape index (κ2) is 8.45. The Balaban J connectivity index is 0.00000192. The van der Waals surface area contributed by atoms with Crippen LogP contribution in [0, 0.1) is 0 Å². The maximum Gasteiger partial charge on any atom is 0.176 e. The van der Waals surface area contributed by atoms with E-state index >= 15 is 0 Å². The summed E-state index contributed by atoms with van der Waals surface area (Å²) in [6.45, 7) is 0. The zero-order valence-corrected chi connectivity index (χ0v) is 17.9. The molecule has 0 aliphatic carbocycles. The van der Waals surface area contributed by atoms with Gasteiger partial charge in [-0.1, -0.05) is 48.5 Å². The molecule has 23 heavy (non-hydrogen) atoms. The molecule has 0 radical (unpaired) electrons. The van der Waals surface area contributed by atoms with E-state index in [9.17, 15) is 0 Å². The minimum atomic E-state index is -1.74. The second-order valence-electron chi connectivity index (χ2n) is 4.93. The smallest absolute Gasteiger partial charge is 0.176 e. The number of hydrogen-bond donors (Lipinski definition) is 0. The van der Waals surface area contributed by atoms with Gasteiger partial charge >= 0.3 is 0 Å². The summed E-state index contributed by atoms with van der Waals surface area (Å²) >= 11 is 2.65. The van der Waals surface area contributed by atoms with Gasteiger partial charge in [-0.25, -0.2) is 0 Å². The number of rotatable bonds is 4. The minimum Gasteiger partial charge on any atom is -1.00 e. The molecule has 0 atom stereocenters. The van der Waals surface area contributed by atoms with Crippen molar-refractivity contribution in [3.8, 4) is 5.75 Å². The van der Waals surface area contributed by atoms with E-state index in [1.54, 1.807) is 7.11 Å². The molecule has 118 valence electrons. The van der Waals surface area contributed by atoms with Crippen LogP contribution in [0.4, 0.5) is 0 Å². The molecule has 4 heteroatoms. The maximum atomic E-state index is 5.66. The highest BCUT2D eigenvalue weighted by Gasteiger charge is 2.45. The third kappa shape index (κ3) is 3.72. The lowest BCUT2D eigenvalue weighted by molar-refractivity contribution is -0.00000436. The zero-order chi connectivity index (χ0) is 15.4. The monoisotopic (exact) mass is 546 g/mol. The molecular formula is C19H17I2OP. The molecule has 0 bridgehead atoms. The first-order valence-electron chi connectivity index (χ1n) is 7.10. The van der Waals surface area contributed by atoms with E-state index in [0.717, 1.165) is 5.75 Å². The Morgan fingerprint density at radius 3 is 1.61 bits per heavy atom. The van der Waals surface area contributed by atoms with Gasteiger partial charge in [-0.15, -0.1) is 0 Å². The quantitative estimate of drug-likeness (QED) is 0.355. The minimum absolute atomic E-state index is 0. The van der Waals surface area contributed by atoms with Crippen molar-refractivity contribution < 1.29 is 28.7 Å². The number of benzene rings is 3. The third-order valence-corrected chi connectivity index (χ3v) is 11.6. The summed E-state index contributed by atoms with van der Waals surface area (Å²) in [5, 5.41) is 3.98. The van der Waals surface area contributed by atoms with Crippen LogP contribution in [0.5, 0.6) is 5.75 Å². The van der Waals surface area contributed by atoms with E-state index in [-0.39, 0.29) is 24.0 Å². The van der Waals surface area contributed by atoms with Crippen molar-refractivity contribution in [1.29, 1.82) is 0 Å². The van der Waals surface area contributed by atoms with E-state index in [1.807, 2.05) is 6.07 Å². The zero-order valence-electron chi connectivity index (χ0n) is 12.7. The van der Waals surface area contributed by atoms with Gasteiger partial charge in [0.2, 0.25) is 0 Å². The summed E-state index contributed by atoms with van der Waals surface area (Å²) in [7, 11) is 1.75. The van der Waals surface area contributed by atoms with Crippen LogP contribution in [0.1, 0.15) is 0 Å². The van der Waals surface area contributed by atoms with E-state index < -0.39 is 4.90 Å². The van der Waals surface area contributed by atoms with Crippen LogP contribution in [0.25, 0.3) is 0 Å². The summed E-state index contributed by atoms with van der Waals surface area (Å²) in [5.74, 6) is 0.956. The van der Waals surface area contributed by atoms with E-state index in [4.69, 9.17) is 4.74 Å². The molecule has 1 nitrogen and oxygen atoms in total. The number of methoxy groups -OCH3 is 1. The Kier molecular flexibility index (Phi) is 6.86. The highest BCUT2D eigenvalue weighted by molar-refractivity contribution is 14.2. The molecule has 3 aromatic rings. The van der Waals surface area contributed by atoms with Gasteiger partial charge in [0, 0.05) is 0 Å². The second-order valence-corrected chi connectivity index (χ2v) is 12.0. The van der Waals surface area contributed by atoms with Gasteiger partial charge < -0.3 is 28.7 Å². The normalized spacial score (nSPS) is 10.7. The number of ether oxygens (including phenoxy) is 1. The summed E-state index contributed by atoms with van der Waals surface area (Å²) in [6, 6.07) is 29.8. The fourth-order valence-electron chi connectivity index (χ4n) is 2.58. The topological polar surface area (TPSA) is 9.23 Å². The molecule has 0 aromatic heterocycles. The predicted molar refractivity (Wildman–Crippen MR) is 106 cm³/mol. The average molecular weight is 546 g/mol. The fraction of sp³-hybridized carbons (Fsp3) is 0.0526. The summed E-state index contributed by atoms with van der Waals surface area (Å²) in [5.41, 5.74) is 0. The van der Waals surface area contributed by atoms with E-state index in [1.165, 1.54) is 15.9 Å². The first-order chi connectivity index (χ1) is 10.8. The van der Waals surface area contributed by atoms with Gasteiger partial charge in [-0.05, 0) is 36.4 Å². The third-order valence-electron chi connectivity index (χ3n) is 3.64. The Labute approximate surface area is 168 Å². The van der Waals surface area contributed by atoms with E-state index in [0.29, 0.717) is 0 Å². The molecule has 0 N–H and O–H groups in total. The van der Waals surface area contributed by atoms with Crippen molar-refractivity contribution in [3.05, 3.63) is 84.9 Å². The number of hydrogen-bond acceptors (Lipinski definition) is 1. The Morgan fingerprint density at radius 2 is 1.13 bits per heavy atom. The van der Waals surface area contributed by atoms with E-state index in [2.05, 4.69) is 101 Å². The molecular weight excluding hydrogens is 529 g/mol. The lowest BCUT2D eigenvalue weighted by Crippen LogP contribution is -3.00. The van der Waals surface area contributed by atoms with Crippen molar-refractivity contribution >= 4 is 42.9 Å². The van der Waals surface area contributed by atoms with Crippen LogP contribution in [-0.2, 0) is 0 Å². The molecule has 0 amide bonds. The first-order valence-corrected chi connectivity index (χ1v) is 11.7. The number of halogens is 2. The summed E-state index contributed by atoms with van der Waals surface area (Å²) < 4.78 is 5.66. The summed E-state index contributed by atoms with van der Waals surface area (Å²) in [6.07, 6.45) is 0. The van der Waals surface area contributed by atoms with Gasteiger partial charge in [-0.3, -0.25) is 0 Å². The van der Waals surface area contributed by atoms with Crippen molar-refractivity contribution in [1.82, 2.24) is 0 Å². The van der Waals surface area contributed by atoms with Crippen LogP contribution in [0.15, 0.2) is 84.9 Å². The van der Waals surface area contributed by atoms with Crippen LogP contribution >= 0.6 is 26.9 Å². The van der Waals surface area contributed by atoms with Crippen molar-refractivity contribution in [3.63, 3.8) is 0 Å². The molecule has 0 spiro atoms. The van der Waals surface area contributed by atoms with Crippen molar-refractivity contribution in [2.45, 2.75) is 0 Å².